The first-order valence-electron chi connectivity index (χ1n) is 3.99. The van der Waals surface area contributed by atoms with E-state index < -0.39 is 0 Å². The number of hydrogen-bond donors (Lipinski definition) is 1. The van der Waals surface area contributed by atoms with Gasteiger partial charge in [-0.3, -0.25) is 4.40 Å². The van der Waals surface area contributed by atoms with E-state index in [4.69, 9.17) is 10.5 Å². The SMILES string of the molecule is COCc1c(CN)sc2nccn12. The third-order valence-electron chi connectivity index (χ3n) is 1.90. The summed E-state index contributed by atoms with van der Waals surface area (Å²) in [5.74, 6) is 0. The van der Waals surface area contributed by atoms with E-state index in [1.807, 2.05) is 10.6 Å². The lowest BCUT2D eigenvalue weighted by Crippen LogP contribution is -2.01. The summed E-state index contributed by atoms with van der Waals surface area (Å²) in [4.78, 5) is 6.32. The molecule has 0 atom stereocenters. The average Bonchev–Trinajstić information content (AvgIpc) is 2.67. The summed E-state index contributed by atoms with van der Waals surface area (Å²) in [6, 6.07) is 0. The smallest absolute Gasteiger partial charge is 0.194 e. The predicted molar refractivity (Wildman–Crippen MR) is 51.7 cm³/mol. The Balaban J connectivity index is 2.56. The van der Waals surface area contributed by atoms with E-state index in [0.717, 1.165) is 15.5 Å². The Labute approximate surface area is 80.0 Å². The van der Waals surface area contributed by atoms with E-state index in [9.17, 15) is 0 Å². The van der Waals surface area contributed by atoms with Crippen LogP contribution in [0.1, 0.15) is 10.6 Å². The van der Waals surface area contributed by atoms with Crippen molar-refractivity contribution < 1.29 is 4.74 Å². The lowest BCUT2D eigenvalue weighted by Gasteiger charge is -1.99. The van der Waals surface area contributed by atoms with Gasteiger partial charge in [0.1, 0.15) is 0 Å². The molecule has 0 aliphatic heterocycles. The molecule has 0 aliphatic rings. The van der Waals surface area contributed by atoms with E-state index in [1.165, 1.54) is 0 Å². The highest BCUT2D eigenvalue weighted by Gasteiger charge is 2.10. The zero-order valence-corrected chi connectivity index (χ0v) is 8.17. The minimum absolute atomic E-state index is 0.548. The molecule has 0 spiro atoms. The average molecular weight is 197 g/mol. The van der Waals surface area contributed by atoms with Crippen LogP contribution < -0.4 is 5.73 Å². The molecule has 2 rings (SSSR count). The Morgan fingerprint density at radius 3 is 3.23 bits per heavy atom. The quantitative estimate of drug-likeness (QED) is 0.798. The predicted octanol–water partition coefficient (Wildman–Crippen LogP) is 1.00. The Bertz CT molecular complexity index is 406. The molecule has 0 fully saturated rings. The van der Waals surface area contributed by atoms with E-state index in [1.54, 1.807) is 24.6 Å². The number of hydrogen-bond acceptors (Lipinski definition) is 4. The second-order valence-corrected chi connectivity index (χ2v) is 3.75. The van der Waals surface area contributed by atoms with Gasteiger partial charge in [-0.1, -0.05) is 11.3 Å². The molecule has 2 aromatic rings. The van der Waals surface area contributed by atoms with Crippen LogP contribution in [0, 0.1) is 0 Å². The molecule has 0 saturated carbocycles. The van der Waals surface area contributed by atoms with Crippen molar-refractivity contribution in [2.45, 2.75) is 13.2 Å². The lowest BCUT2D eigenvalue weighted by molar-refractivity contribution is 0.180. The van der Waals surface area contributed by atoms with E-state index in [-0.39, 0.29) is 0 Å². The monoisotopic (exact) mass is 197 g/mol. The second-order valence-electron chi connectivity index (χ2n) is 2.69. The highest BCUT2D eigenvalue weighted by atomic mass is 32.1. The number of imidazole rings is 1. The molecule has 0 bridgehead atoms. The number of nitrogens with zero attached hydrogens (tertiary/aromatic N) is 2. The van der Waals surface area contributed by atoms with Crippen LogP contribution in [-0.4, -0.2) is 16.5 Å². The van der Waals surface area contributed by atoms with Crippen molar-refractivity contribution in [3.05, 3.63) is 23.0 Å². The third kappa shape index (κ3) is 1.35. The van der Waals surface area contributed by atoms with Crippen molar-refractivity contribution in [1.82, 2.24) is 9.38 Å². The zero-order valence-electron chi connectivity index (χ0n) is 7.36. The standard InChI is InChI=1S/C8H11N3OS/c1-12-5-6-7(4-9)13-8-10-2-3-11(6)8/h2-3H,4-5,9H2,1H3. The topological polar surface area (TPSA) is 52.5 Å². The normalized spacial score (nSPS) is 11.2. The molecule has 0 amide bonds. The Morgan fingerprint density at radius 1 is 1.69 bits per heavy atom. The van der Waals surface area contributed by atoms with Crippen molar-refractivity contribution in [2.24, 2.45) is 5.73 Å². The molecular weight excluding hydrogens is 186 g/mol. The fourth-order valence-corrected chi connectivity index (χ4v) is 2.28. The summed E-state index contributed by atoms with van der Waals surface area (Å²) in [6.45, 7) is 1.13. The Hall–Kier alpha value is -0.910. The van der Waals surface area contributed by atoms with E-state index >= 15 is 0 Å². The first kappa shape index (κ1) is 8.68. The summed E-state index contributed by atoms with van der Waals surface area (Å²) < 4.78 is 7.13. The summed E-state index contributed by atoms with van der Waals surface area (Å²) in [7, 11) is 1.68. The minimum Gasteiger partial charge on any atom is -0.378 e. The molecular formula is C8H11N3OS. The van der Waals surface area contributed by atoms with Gasteiger partial charge in [0.05, 0.1) is 12.3 Å². The summed E-state index contributed by atoms with van der Waals surface area (Å²) in [5.41, 5.74) is 6.73. The van der Waals surface area contributed by atoms with E-state index in [2.05, 4.69) is 4.98 Å². The van der Waals surface area contributed by atoms with Gasteiger partial charge >= 0.3 is 0 Å². The number of rotatable bonds is 3. The first-order valence-corrected chi connectivity index (χ1v) is 4.81. The van der Waals surface area contributed by atoms with Gasteiger partial charge < -0.3 is 10.5 Å². The first-order chi connectivity index (χ1) is 6.36. The molecule has 0 radical (unpaired) electrons. The van der Waals surface area contributed by atoms with Gasteiger partial charge in [0.15, 0.2) is 4.96 Å². The maximum atomic E-state index is 5.62. The fraction of sp³-hybridized carbons (Fsp3) is 0.375. The molecule has 0 aromatic carbocycles. The molecule has 2 N–H and O–H groups in total. The van der Waals surface area contributed by atoms with Gasteiger partial charge in [0.25, 0.3) is 0 Å². The van der Waals surface area contributed by atoms with Crippen LogP contribution in [0.4, 0.5) is 0 Å². The highest BCUT2D eigenvalue weighted by Crippen LogP contribution is 2.22. The largest absolute Gasteiger partial charge is 0.378 e. The van der Waals surface area contributed by atoms with Crippen molar-refractivity contribution in [3.63, 3.8) is 0 Å². The number of methoxy groups -OCH3 is 1. The van der Waals surface area contributed by atoms with Gasteiger partial charge in [-0.2, -0.15) is 0 Å². The number of ether oxygens (including phenoxy) is 1. The molecule has 2 aromatic heterocycles. The summed E-state index contributed by atoms with van der Waals surface area (Å²) in [6.07, 6.45) is 3.71. The van der Waals surface area contributed by atoms with Gasteiger partial charge in [0.2, 0.25) is 0 Å². The van der Waals surface area contributed by atoms with Crippen LogP contribution in [0.15, 0.2) is 12.4 Å². The Kier molecular flexibility index (Phi) is 2.30. The summed E-state index contributed by atoms with van der Waals surface area (Å²) in [5, 5.41) is 0. The molecule has 0 unspecified atom stereocenters. The van der Waals surface area contributed by atoms with Gasteiger partial charge in [-0.25, -0.2) is 4.98 Å². The van der Waals surface area contributed by atoms with Crippen molar-refractivity contribution in [3.8, 4) is 0 Å². The maximum Gasteiger partial charge on any atom is 0.194 e. The van der Waals surface area contributed by atoms with Gasteiger partial charge in [-0.15, -0.1) is 0 Å². The minimum atomic E-state index is 0.548. The molecule has 70 valence electrons. The van der Waals surface area contributed by atoms with Crippen molar-refractivity contribution in [2.75, 3.05) is 7.11 Å². The number of thiazole rings is 1. The summed E-state index contributed by atoms with van der Waals surface area (Å²) >= 11 is 1.62. The Morgan fingerprint density at radius 2 is 2.54 bits per heavy atom. The number of aromatic nitrogens is 2. The van der Waals surface area contributed by atoms with E-state index in [0.29, 0.717) is 13.2 Å². The zero-order chi connectivity index (χ0) is 9.26. The number of nitrogens with two attached hydrogens (primary N) is 1. The fourth-order valence-electron chi connectivity index (χ4n) is 1.32. The maximum absolute atomic E-state index is 5.62. The van der Waals surface area contributed by atoms with Crippen LogP contribution in [0.5, 0.6) is 0 Å². The second kappa shape index (κ2) is 3.45. The lowest BCUT2D eigenvalue weighted by atomic mass is 10.4. The molecule has 2 heterocycles. The van der Waals surface area contributed by atoms with Crippen LogP contribution >= 0.6 is 11.3 Å². The molecule has 4 nitrogen and oxygen atoms in total. The van der Waals surface area contributed by atoms with Crippen LogP contribution in [0.3, 0.4) is 0 Å². The molecule has 0 aliphatic carbocycles. The molecule has 13 heavy (non-hydrogen) atoms. The highest BCUT2D eigenvalue weighted by molar-refractivity contribution is 7.17. The van der Waals surface area contributed by atoms with Crippen molar-refractivity contribution in [1.29, 1.82) is 0 Å². The van der Waals surface area contributed by atoms with Gasteiger partial charge in [0, 0.05) is 30.9 Å². The molecule has 5 heteroatoms. The van der Waals surface area contributed by atoms with Crippen LogP contribution in [-0.2, 0) is 17.9 Å². The van der Waals surface area contributed by atoms with Crippen LogP contribution in [0.2, 0.25) is 0 Å². The van der Waals surface area contributed by atoms with Crippen LogP contribution in [0.25, 0.3) is 4.96 Å². The van der Waals surface area contributed by atoms with Crippen molar-refractivity contribution >= 4 is 16.3 Å². The third-order valence-corrected chi connectivity index (χ3v) is 3.03. The molecule has 0 saturated heterocycles. The van der Waals surface area contributed by atoms with Gasteiger partial charge in [-0.05, 0) is 0 Å². The number of fused-ring (bicyclic) bond motifs is 1.